The first-order valence-corrected chi connectivity index (χ1v) is 6.02. The topological polar surface area (TPSA) is 57.6 Å². The zero-order chi connectivity index (χ0) is 13.3. The average Bonchev–Trinajstić information content (AvgIpc) is 2.68. The van der Waals surface area contributed by atoms with Gasteiger partial charge in [0.1, 0.15) is 0 Å². The van der Waals surface area contributed by atoms with Gasteiger partial charge in [-0.3, -0.25) is 4.79 Å². The molecule has 1 fully saturated rings. The van der Waals surface area contributed by atoms with E-state index in [0.717, 1.165) is 6.42 Å². The first-order valence-electron chi connectivity index (χ1n) is 6.02. The van der Waals surface area contributed by atoms with Crippen molar-refractivity contribution in [1.29, 1.82) is 0 Å². The minimum Gasteiger partial charge on any atom is -0.478 e. The molecule has 1 aromatic rings. The van der Waals surface area contributed by atoms with E-state index in [-0.39, 0.29) is 22.4 Å². The van der Waals surface area contributed by atoms with Crippen LogP contribution in [0.3, 0.4) is 0 Å². The second-order valence-corrected chi connectivity index (χ2v) is 5.49. The Morgan fingerprint density at radius 3 is 2.33 bits per heavy atom. The molecule has 0 unspecified atom stereocenters. The third-order valence-electron chi connectivity index (χ3n) is 3.35. The summed E-state index contributed by atoms with van der Waals surface area (Å²) in [6.07, 6.45) is 0.952. The Hall–Kier alpha value is -1.84. The molecule has 4 nitrogen and oxygen atoms in total. The van der Waals surface area contributed by atoms with Crippen LogP contribution in [0.5, 0.6) is 0 Å². The number of amides is 1. The number of benzene rings is 1. The maximum atomic E-state index is 12.3. The molecule has 0 atom stereocenters. The van der Waals surface area contributed by atoms with E-state index in [4.69, 9.17) is 5.11 Å². The van der Waals surface area contributed by atoms with Gasteiger partial charge in [-0.1, -0.05) is 26.0 Å². The molecule has 0 saturated carbocycles. The van der Waals surface area contributed by atoms with E-state index in [1.807, 2.05) is 0 Å². The number of hydrogen-bond donors (Lipinski definition) is 1. The van der Waals surface area contributed by atoms with Gasteiger partial charge in [0.25, 0.3) is 5.91 Å². The molecule has 4 heteroatoms. The first-order chi connectivity index (χ1) is 8.41. The number of carbonyl (C=O) groups is 2. The van der Waals surface area contributed by atoms with Gasteiger partial charge in [-0.25, -0.2) is 4.79 Å². The highest BCUT2D eigenvalue weighted by Gasteiger charge is 2.33. The van der Waals surface area contributed by atoms with Crippen molar-refractivity contribution in [1.82, 2.24) is 4.90 Å². The molecule has 1 saturated heterocycles. The Kier molecular flexibility index (Phi) is 3.11. The van der Waals surface area contributed by atoms with E-state index in [0.29, 0.717) is 13.1 Å². The summed E-state index contributed by atoms with van der Waals surface area (Å²) in [7, 11) is 0. The smallest absolute Gasteiger partial charge is 0.336 e. The van der Waals surface area contributed by atoms with Crippen LogP contribution >= 0.6 is 0 Å². The molecule has 0 aliphatic carbocycles. The van der Waals surface area contributed by atoms with Crippen molar-refractivity contribution in [2.24, 2.45) is 5.41 Å². The highest BCUT2D eigenvalue weighted by atomic mass is 16.4. The van der Waals surface area contributed by atoms with Gasteiger partial charge >= 0.3 is 5.97 Å². The van der Waals surface area contributed by atoms with Crippen LogP contribution in [0.25, 0.3) is 0 Å². The molecule has 0 radical (unpaired) electrons. The van der Waals surface area contributed by atoms with Crippen molar-refractivity contribution in [3.8, 4) is 0 Å². The number of aromatic carboxylic acids is 1. The van der Waals surface area contributed by atoms with Crippen molar-refractivity contribution in [3.05, 3.63) is 35.4 Å². The highest BCUT2D eigenvalue weighted by molar-refractivity contribution is 6.04. The molecule has 1 heterocycles. The lowest BCUT2D eigenvalue weighted by molar-refractivity contribution is 0.0679. The first kappa shape index (κ1) is 12.6. The number of hydrogen-bond acceptors (Lipinski definition) is 2. The maximum Gasteiger partial charge on any atom is 0.336 e. The van der Waals surface area contributed by atoms with E-state index >= 15 is 0 Å². The molecule has 0 spiro atoms. The molecule has 0 bridgehead atoms. The summed E-state index contributed by atoms with van der Waals surface area (Å²) in [5.74, 6) is -1.24. The maximum absolute atomic E-state index is 12.3. The van der Waals surface area contributed by atoms with Gasteiger partial charge in [-0.05, 0) is 24.0 Å². The standard InChI is InChI=1S/C14H17NO3/c1-14(2)7-8-15(9-14)12(16)10-5-3-4-6-11(10)13(17)18/h3-6H,7-9H2,1-2H3,(H,17,18). The number of nitrogens with zero attached hydrogens (tertiary/aromatic N) is 1. The van der Waals surface area contributed by atoms with E-state index in [1.54, 1.807) is 23.1 Å². The molecule has 96 valence electrons. The Balaban J connectivity index is 2.27. The zero-order valence-corrected chi connectivity index (χ0v) is 10.6. The quantitative estimate of drug-likeness (QED) is 0.872. The number of carboxylic acid groups (broad SMARTS) is 1. The number of carbonyl (C=O) groups excluding carboxylic acids is 1. The van der Waals surface area contributed by atoms with Crippen LogP contribution < -0.4 is 0 Å². The Bertz CT molecular complexity index is 494. The summed E-state index contributed by atoms with van der Waals surface area (Å²) >= 11 is 0. The third kappa shape index (κ3) is 2.37. The van der Waals surface area contributed by atoms with Crippen LogP contribution in [0.2, 0.25) is 0 Å². The van der Waals surface area contributed by atoms with Gasteiger partial charge in [0.2, 0.25) is 0 Å². The lowest BCUT2D eigenvalue weighted by Crippen LogP contribution is -2.31. The van der Waals surface area contributed by atoms with Crippen LogP contribution in [-0.4, -0.2) is 35.0 Å². The van der Waals surface area contributed by atoms with E-state index in [1.165, 1.54) is 6.07 Å². The molecular formula is C14H17NO3. The summed E-state index contributed by atoms with van der Waals surface area (Å²) in [5.41, 5.74) is 0.475. The molecule has 18 heavy (non-hydrogen) atoms. The monoisotopic (exact) mass is 247 g/mol. The van der Waals surface area contributed by atoms with Crippen LogP contribution in [0.1, 0.15) is 41.0 Å². The fourth-order valence-corrected chi connectivity index (χ4v) is 2.31. The summed E-state index contributed by atoms with van der Waals surface area (Å²) in [6.45, 7) is 5.60. The lowest BCUT2D eigenvalue weighted by atomic mass is 9.93. The van der Waals surface area contributed by atoms with Gasteiger partial charge in [0.05, 0.1) is 11.1 Å². The van der Waals surface area contributed by atoms with Gasteiger partial charge in [-0.15, -0.1) is 0 Å². The van der Waals surface area contributed by atoms with Gasteiger partial charge in [-0.2, -0.15) is 0 Å². The molecular weight excluding hydrogens is 230 g/mol. The number of rotatable bonds is 2. The van der Waals surface area contributed by atoms with E-state index in [2.05, 4.69) is 13.8 Å². The van der Waals surface area contributed by atoms with E-state index < -0.39 is 5.97 Å². The molecule has 1 aliphatic rings. The summed E-state index contributed by atoms with van der Waals surface area (Å²) < 4.78 is 0. The van der Waals surface area contributed by atoms with Crippen LogP contribution in [0, 0.1) is 5.41 Å². The molecule has 0 aromatic heterocycles. The molecule has 1 aromatic carbocycles. The van der Waals surface area contributed by atoms with Gasteiger partial charge < -0.3 is 10.0 Å². The van der Waals surface area contributed by atoms with Crippen molar-refractivity contribution in [2.75, 3.05) is 13.1 Å². The summed E-state index contributed by atoms with van der Waals surface area (Å²) in [5, 5.41) is 9.09. The van der Waals surface area contributed by atoms with Crippen LogP contribution in [0.4, 0.5) is 0 Å². The minimum atomic E-state index is -1.06. The summed E-state index contributed by atoms with van der Waals surface area (Å²) in [4.78, 5) is 25.2. The van der Waals surface area contributed by atoms with Crippen molar-refractivity contribution in [2.45, 2.75) is 20.3 Å². The molecule has 2 rings (SSSR count). The summed E-state index contributed by atoms with van der Waals surface area (Å²) in [6, 6.07) is 6.38. The predicted molar refractivity (Wildman–Crippen MR) is 67.7 cm³/mol. The Morgan fingerprint density at radius 2 is 1.83 bits per heavy atom. The number of likely N-dealkylation sites (tertiary alicyclic amines) is 1. The zero-order valence-electron chi connectivity index (χ0n) is 10.6. The number of carboxylic acids is 1. The Labute approximate surface area is 106 Å². The molecule has 1 amide bonds. The van der Waals surface area contributed by atoms with Crippen molar-refractivity contribution < 1.29 is 14.7 Å². The molecule has 1 aliphatic heterocycles. The Morgan fingerprint density at radius 1 is 1.22 bits per heavy atom. The third-order valence-corrected chi connectivity index (χ3v) is 3.35. The van der Waals surface area contributed by atoms with Crippen LogP contribution in [-0.2, 0) is 0 Å². The second kappa shape index (κ2) is 4.44. The van der Waals surface area contributed by atoms with Gasteiger partial charge in [0, 0.05) is 13.1 Å². The predicted octanol–water partition coefficient (Wildman–Crippen LogP) is 2.26. The SMILES string of the molecule is CC1(C)CCN(C(=O)c2ccccc2C(=O)O)C1. The normalized spacial score (nSPS) is 17.8. The van der Waals surface area contributed by atoms with Crippen LogP contribution in [0.15, 0.2) is 24.3 Å². The van der Waals surface area contributed by atoms with Crippen molar-refractivity contribution in [3.63, 3.8) is 0 Å². The lowest BCUT2D eigenvalue weighted by Gasteiger charge is -2.20. The minimum absolute atomic E-state index is 0.0761. The molecule has 1 N–H and O–H groups in total. The second-order valence-electron chi connectivity index (χ2n) is 5.49. The van der Waals surface area contributed by atoms with E-state index in [9.17, 15) is 9.59 Å². The fourth-order valence-electron chi connectivity index (χ4n) is 2.31. The van der Waals surface area contributed by atoms with Gasteiger partial charge in [0.15, 0.2) is 0 Å². The average molecular weight is 247 g/mol. The van der Waals surface area contributed by atoms with Crippen molar-refractivity contribution >= 4 is 11.9 Å². The fraction of sp³-hybridized carbons (Fsp3) is 0.429. The largest absolute Gasteiger partial charge is 0.478 e. The highest BCUT2D eigenvalue weighted by Crippen LogP contribution is 2.30.